The molecule has 0 aliphatic heterocycles. The molecule has 0 unspecified atom stereocenters. The van der Waals surface area contributed by atoms with Gasteiger partial charge in [0.1, 0.15) is 5.60 Å². The maximum Gasteiger partial charge on any atom is 1.00 e. The molecule has 17 heavy (non-hydrogen) atoms. The van der Waals surface area contributed by atoms with Crippen LogP contribution in [0.5, 0.6) is 0 Å². The van der Waals surface area contributed by atoms with Gasteiger partial charge in [0.15, 0.2) is 0 Å². The van der Waals surface area contributed by atoms with E-state index >= 15 is 0 Å². The first kappa shape index (κ1) is 32.5. The molecule has 0 bridgehead atoms. The second kappa shape index (κ2) is 16.0. The second-order valence-electron chi connectivity index (χ2n) is 2.42. The molecule has 0 spiro atoms. The van der Waals surface area contributed by atoms with Crippen LogP contribution in [0.15, 0.2) is 0 Å². The van der Waals surface area contributed by atoms with Crippen LogP contribution < -0.4 is 183 Å². The third kappa shape index (κ3) is 15.8. The standard InChI is InChI=1S/C6H8O7.K.H2O.2Rb/c7-3(8)1-6(13,5(11)12)2-4(9)10;;;;/h13H,1-2H2,(H,7,8)(H,9,10)(H,11,12);;1H2;;/q;+1;;2*+1/p-3. The van der Waals surface area contributed by atoms with Crippen molar-refractivity contribution in [2.75, 3.05) is 0 Å². The Morgan fingerprint density at radius 2 is 1.18 bits per heavy atom. The Morgan fingerprint density at radius 3 is 1.29 bits per heavy atom. The molecule has 0 aliphatic rings. The Morgan fingerprint density at radius 1 is 0.941 bits per heavy atom. The summed E-state index contributed by atoms with van der Waals surface area (Å²) in [6.07, 6.45) is -2.72. The van der Waals surface area contributed by atoms with Gasteiger partial charge in [-0.15, -0.1) is 0 Å². The zero-order valence-electron chi connectivity index (χ0n) is 9.81. The van der Waals surface area contributed by atoms with Gasteiger partial charge in [-0.3, -0.25) is 0 Å². The van der Waals surface area contributed by atoms with Crippen LogP contribution in [0.3, 0.4) is 0 Å². The van der Waals surface area contributed by atoms with Crippen LogP contribution in [0, 0.1) is 0 Å². The second-order valence-corrected chi connectivity index (χ2v) is 2.42. The number of hydrogen-bond acceptors (Lipinski definition) is 7. The van der Waals surface area contributed by atoms with Crippen LogP contribution >= 0.6 is 0 Å². The number of aliphatic carboxylic acids is 3. The van der Waals surface area contributed by atoms with Crippen molar-refractivity contribution in [2.45, 2.75) is 18.4 Å². The van der Waals surface area contributed by atoms with Crippen molar-refractivity contribution in [3.05, 3.63) is 0 Å². The fourth-order valence-electron chi connectivity index (χ4n) is 0.684. The number of carboxylic acid groups (broad SMARTS) is 3. The molecule has 0 fully saturated rings. The van der Waals surface area contributed by atoms with Gasteiger partial charge < -0.3 is 40.3 Å². The summed E-state index contributed by atoms with van der Waals surface area (Å²) in [5, 5.41) is 38.9. The third-order valence-corrected chi connectivity index (χ3v) is 1.25. The molecule has 82 valence electrons. The molecule has 8 nitrogen and oxygen atoms in total. The predicted molar refractivity (Wildman–Crippen MR) is 32.8 cm³/mol. The van der Waals surface area contributed by atoms with E-state index in [0.29, 0.717) is 0 Å². The van der Waals surface area contributed by atoms with E-state index in [1.54, 1.807) is 0 Å². The molecular weight excluding hydrogens is 410 g/mol. The summed E-state index contributed by atoms with van der Waals surface area (Å²) in [4.78, 5) is 30.0. The molecular formula is C6H7KO8Rb2. The number of carbonyl (C=O) groups is 3. The van der Waals surface area contributed by atoms with Crippen molar-refractivity contribution in [3.63, 3.8) is 0 Å². The summed E-state index contributed by atoms with van der Waals surface area (Å²) in [5.74, 6) is -5.98. The van der Waals surface area contributed by atoms with Gasteiger partial charge in [-0.25, -0.2) is 0 Å². The number of hydrogen-bond donors (Lipinski definition) is 1. The first-order chi connectivity index (χ1) is 5.78. The maximum atomic E-state index is 10.1. The summed E-state index contributed by atoms with van der Waals surface area (Å²) in [6.45, 7) is 0. The fourth-order valence-corrected chi connectivity index (χ4v) is 0.684. The van der Waals surface area contributed by atoms with E-state index < -0.39 is 36.4 Å². The quantitative estimate of drug-likeness (QED) is 0.433. The van der Waals surface area contributed by atoms with Gasteiger partial charge in [0, 0.05) is 24.8 Å². The Balaban J connectivity index is -0.000000120. The first-order valence-corrected chi connectivity index (χ1v) is 3.11. The summed E-state index contributed by atoms with van der Waals surface area (Å²) in [7, 11) is 0. The smallest absolute Gasteiger partial charge is 0.550 e. The summed E-state index contributed by atoms with van der Waals surface area (Å²) < 4.78 is 0. The molecule has 0 atom stereocenters. The van der Waals surface area contributed by atoms with Gasteiger partial charge in [-0.1, -0.05) is 0 Å². The van der Waals surface area contributed by atoms with Gasteiger partial charge >= 0.3 is 168 Å². The van der Waals surface area contributed by atoms with E-state index in [2.05, 4.69) is 0 Å². The molecule has 0 saturated heterocycles. The number of aliphatic hydroxyl groups is 1. The van der Waals surface area contributed by atoms with Crippen molar-refractivity contribution in [2.24, 2.45) is 0 Å². The summed E-state index contributed by atoms with van der Waals surface area (Å²) in [6, 6.07) is 0. The van der Waals surface area contributed by atoms with Gasteiger partial charge in [0.2, 0.25) is 0 Å². The van der Waals surface area contributed by atoms with Crippen molar-refractivity contribution in [1.29, 1.82) is 0 Å². The SMILES string of the molecule is O.O=C([O-])CC(O)(CC(=O)[O-])C(=O)[O-].[K+].[Rb+].[Rb+]. The van der Waals surface area contributed by atoms with Gasteiger partial charge in [0.05, 0.1) is 5.97 Å². The zero-order chi connectivity index (χ0) is 10.6. The van der Waals surface area contributed by atoms with E-state index in [-0.39, 0.29) is 173 Å². The van der Waals surface area contributed by atoms with Crippen molar-refractivity contribution < 1.29 is 208 Å². The monoisotopic (exact) mass is 416 g/mol. The van der Waals surface area contributed by atoms with E-state index in [4.69, 9.17) is 5.11 Å². The molecule has 0 amide bonds. The summed E-state index contributed by atoms with van der Waals surface area (Å²) >= 11 is 0. The van der Waals surface area contributed by atoms with Crippen LogP contribution in [-0.4, -0.2) is 34.1 Å². The van der Waals surface area contributed by atoms with Gasteiger partial charge in [-0.05, 0) is 0 Å². The Labute approximate surface area is 237 Å². The summed E-state index contributed by atoms with van der Waals surface area (Å²) in [5.41, 5.74) is -2.97. The van der Waals surface area contributed by atoms with Crippen molar-refractivity contribution in [1.82, 2.24) is 0 Å². The minimum absolute atomic E-state index is 0. The fraction of sp³-hybridized carbons (Fsp3) is 0.500. The van der Waals surface area contributed by atoms with E-state index in [1.165, 1.54) is 0 Å². The van der Waals surface area contributed by atoms with Crippen LogP contribution in [0.4, 0.5) is 0 Å². The Hall–Kier alpha value is 3.58. The van der Waals surface area contributed by atoms with Crippen LogP contribution in [0.1, 0.15) is 12.8 Å². The van der Waals surface area contributed by atoms with Gasteiger partial charge in [-0.2, -0.15) is 0 Å². The number of rotatable bonds is 5. The van der Waals surface area contributed by atoms with Gasteiger partial charge in [0.25, 0.3) is 0 Å². The number of carboxylic acids is 3. The largest absolute Gasteiger partial charge is 1.00 e. The average molecular weight is 417 g/mol. The van der Waals surface area contributed by atoms with E-state index in [1.807, 2.05) is 0 Å². The third-order valence-electron chi connectivity index (χ3n) is 1.25. The first-order valence-electron chi connectivity index (χ1n) is 3.11. The Bertz CT molecular complexity index is 242. The molecule has 0 radical (unpaired) electrons. The average Bonchev–Trinajstić information content (AvgIpc) is 1.82. The topological polar surface area (TPSA) is 172 Å². The molecule has 0 aromatic rings. The molecule has 0 heterocycles. The van der Waals surface area contributed by atoms with Crippen molar-refractivity contribution in [3.8, 4) is 0 Å². The number of carbonyl (C=O) groups excluding carboxylic acids is 3. The van der Waals surface area contributed by atoms with Crippen LogP contribution in [0.2, 0.25) is 0 Å². The van der Waals surface area contributed by atoms with Crippen LogP contribution in [-0.2, 0) is 14.4 Å². The van der Waals surface area contributed by atoms with E-state index in [9.17, 15) is 29.7 Å². The molecule has 11 heteroatoms. The normalized spacial score (nSPS) is 8.29. The minimum atomic E-state index is -2.97. The Kier molecular flexibility index (Phi) is 30.5. The molecule has 0 aromatic heterocycles. The minimum Gasteiger partial charge on any atom is -0.550 e. The molecule has 0 aliphatic carbocycles. The zero-order valence-corrected chi connectivity index (χ0v) is 22.8. The van der Waals surface area contributed by atoms with E-state index in [0.717, 1.165) is 0 Å². The molecule has 0 saturated carbocycles. The van der Waals surface area contributed by atoms with Crippen LogP contribution in [0.25, 0.3) is 0 Å². The molecule has 0 aromatic carbocycles. The molecule has 0 rings (SSSR count). The molecule has 3 N–H and O–H groups in total. The predicted octanol–water partition coefficient (Wildman–Crippen LogP) is -15.1. The maximum absolute atomic E-state index is 10.1. The van der Waals surface area contributed by atoms with Crippen molar-refractivity contribution >= 4 is 17.9 Å².